The Kier molecular flexibility index (Phi) is 7.89. The number of ether oxygens (including phenoxy) is 1. The van der Waals surface area contributed by atoms with Crippen LogP contribution in [0.3, 0.4) is 0 Å². The van der Waals surface area contributed by atoms with Crippen molar-refractivity contribution in [2.45, 2.75) is 52.0 Å². The molecule has 2 aromatic rings. The second-order valence-corrected chi connectivity index (χ2v) is 9.11. The first kappa shape index (κ1) is 23.6. The molecule has 0 spiro atoms. The molecule has 0 N–H and O–H groups in total. The largest absolute Gasteiger partial charge is 0.441 e. The van der Waals surface area contributed by atoms with Gasteiger partial charge < -0.3 is 14.5 Å². The van der Waals surface area contributed by atoms with Crippen LogP contribution in [0.5, 0.6) is 5.75 Å². The number of hydrogen-bond donors (Lipinski definition) is 0. The van der Waals surface area contributed by atoms with Crippen LogP contribution in [0.15, 0.2) is 54.2 Å². The van der Waals surface area contributed by atoms with E-state index in [1.165, 1.54) is 44.5 Å². The summed E-state index contributed by atoms with van der Waals surface area (Å²) in [6, 6.07) is 12.0. The summed E-state index contributed by atoms with van der Waals surface area (Å²) in [7, 11) is 0. The van der Waals surface area contributed by atoms with Gasteiger partial charge in [-0.1, -0.05) is 24.6 Å². The number of Topliss-reactive ketones (excluding diaryl/α,β-unsaturated/α-hetero) is 1. The number of piperidine rings is 1. The third-order valence-electron chi connectivity index (χ3n) is 6.38. The highest BCUT2D eigenvalue weighted by Gasteiger charge is 2.27. The van der Waals surface area contributed by atoms with Gasteiger partial charge in [0.2, 0.25) is 5.05 Å². The summed E-state index contributed by atoms with van der Waals surface area (Å²) in [6.45, 7) is 5.91. The van der Waals surface area contributed by atoms with E-state index in [2.05, 4.69) is 9.80 Å². The number of carbonyl (C=O) groups excluding carboxylic acids is 1. The molecule has 0 aromatic heterocycles. The summed E-state index contributed by atoms with van der Waals surface area (Å²) < 4.78 is 19.3. The molecule has 0 saturated carbocycles. The third-order valence-corrected chi connectivity index (χ3v) is 6.67. The Morgan fingerprint density at radius 3 is 2.58 bits per heavy atom. The van der Waals surface area contributed by atoms with E-state index in [0.717, 1.165) is 36.3 Å². The van der Waals surface area contributed by atoms with Crippen molar-refractivity contribution in [3.63, 3.8) is 0 Å². The summed E-state index contributed by atoms with van der Waals surface area (Å²) in [5.74, 6) is 0.460. The van der Waals surface area contributed by atoms with Crippen molar-refractivity contribution in [1.82, 2.24) is 4.90 Å². The minimum atomic E-state index is -0.262. The molecule has 0 atom stereocenters. The minimum Gasteiger partial charge on any atom is -0.441 e. The van der Waals surface area contributed by atoms with Gasteiger partial charge in [0.1, 0.15) is 5.82 Å². The first-order chi connectivity index (χ1) is 16.0. The molecule has 0 bridgehead atoms. The van der Waals surface area contributed by atoms with Gasteiger partial charge in [-0.3, -0.25) is 4.79 Å². The van der Waals surface area contributed by atoms with Crippen LogP contribution in [0.1, 0.15) is 61.4 Å². The number of unbranched alkanes of at least 4 members (excludes halogenated alkanes) is 1. The number of likely N-dealkylation sites (tertiary alicyclic amines) is 1. The van der Waals surface area contributed by atoms with Crippen LogP contribution in [0.25, 0.3) is 0 Å². The van der Waals surface area contributed by atoms with Crippen molar-refractivity contribution in [1.29, 1.82) is 0 Å². The molecule has 0 amide bonds. The van der Waals surface area contributed by atoms with Crippen molar-refractivity contribution in [2.24, 2.45) is 0 Å². The summed E-state index contributed by atoms with van der Waals surface area (Å²) in [4.78, 5) is 17.4. The maximum absolute atomic E-state index is 13.3. The van der Waals surface area contributed by atoms with E-state index in [0.29, 0.717) is 29.3 Å². The van der Waals surface area contributed by atoms with Crippen molar-refractivity contribution in [3.05, 3.63) is 71.2 Å². The molecule has 2 aromatic carbocycles. The lowest BCUT2D eigenvalue weighted by Gasteiger charge is -2.33. The molecule has 2 heterocycles. The van der Waals surface area contributed by atoms with Crippen molar-refractivity contribution >= 4 is 28.7 Å². The molecule has 33 heavy (non-hydrogen) atoms. The van der Waals surface area contributed by atoms with Gasteiger partial charge in [-0.05, 0) is 100 Å². The third kappa shape index (κ3) is 5.87. The zero-order valence-corrected chi connectivity index (χ0v) is 20.0. The Morgan fingerprint density at radius 2 is 1.85 bits per heavy atom. The molecule has 0 radical (unpaired) electrons. The molecule has 4 rings (SSSR count). The van der Waals surface area contributed by atoms with Gasteiger partial charge in [0, 0.05) is 18.5 Å². The monoisotopic (exact) mass is 466 g/mol. The van der Waals surface area contributed by atoms with Crippen molar-refractivity contribution in [3.8, 4) is 5.75 Å². The number of benzene rings is 2. The van der Waals surface area contributed by atoms with Gasteiger partial charge >= 0.3 is 0 Å². The van der Waals surface area contributed by atoms with Crippen LogP contribution in [0, 0.1) is 5.82 Å². The molecule has 6 heteroatoms. The quantitative estimate of drug-likeness (QED) is 0.197. The zero-order chi connectivity index (χ0) is 23.2. The Hall–Kier alpha value is -2.57. The number of thiocarbonyl (C=S) groups is 1. The number of anilines is 1. The Bertz CT molecular complexity index is 1030. The molecular formula is C27H31FN2O2S. The van der Waals surface area contributed by atoms with Gasteiger partial charge in [-0.15, -0.1) is 0 Å². The maximum Gasteiger partial charge on any atom is 0.214 e. The number of halogens is 1. The molecule has 4 nitrogen and oxygen atoms in total. The van der Waals surface area contributed by atoms with E-state index < -0.39 is 0 Å². The van der Waals surface area contributed by atoms with Gasteiger partial charge in [0.05, 0.1) is 11.4 Å². The highest BCUT2D eigenvalue weighted by Crippen LogP contribution is 2.38. The molecule has 2 aliphatic heterocycles. The Morgan fingerprint density at radius 1 is 1.09 bits per heavy atom. The maximum atomic E-state index is 13.3. The van der Waals surface area contributed by atoms with E-state index in [-0.39, 0.29) is 11.6 Å². The highest BCUT2D eigenvalue weighted by atomic mass is 32.1. The summed E-state index contributed by atoms with van der Waals surface area (Å²) in [6.07, 6.45) is 8.33. The Balaban J connectivity index is 1.43. The van der Waals surface area contributed by atoms with Crippen LogP contribution < -0.4 is 9.64 Å². The van der Waals surface area contributed by atoms with Crippen molar-refractivity contribution < 1.29 is 13.9 Å². The van der Waals surface area contributed by atoms with E-state index in [1.807, 2.05) is 25.1 Å². The highest BCUT2D eigenvalue weighted by molar-refractivity contribution is 7.80. The summed E-state index contributed by atoms with van der Waals surface area (Å²) in [5, 5.41) is 0.373. The normalized spacial score (nSPS) is 17.7. The lowest BCUT2D eigenvalue weighted by atomic mass is 10.0. The number of fused-ring (bicyclic) bond motifs is 1. The van der Waals surface area contributed by atoms with E-state index in [1.54, 1.807) is 18.2 Å². The van der Waals surface area contributed by atoms with Crippen molar-refractivity contribution in [2.75, 3.05) is 24.5 Å². The average Bonchev–Trinajstić information content (AvgIpc) is 2.83. The van der Waals surface area contributed by atoms with Gasteiger partial charge in [-0.2, -0.15) is 0 Å². The number of allylic oxidation sites excluding steroid dienone is 1. The number of hydrogen-bond acceptors (Lipinski definition) is 5. The lowest BCUT2D eigenvalue weighted by Crippen LogP contribution is -2.33. The predicted octanol–water partition coefficient (Wildman–Crippen LogP) is 6.29. The standard InChI is InChI=1S/C27H31FN2O2S/c1-2-23-27(33)32-26-18-21(25(31)8-4-7-17-29-15-5-3-6-16-29)11-14-24(26)30(23)19-20-9-12-22(28)13-10-20/h2,9-14,18H,3-8,15-17,19H2,1H3/b23-2-. The van der Waals surface area contributed by atoms with Gasteiger partial charge in [0.15, 0.2) is 11.5 Å². The van der Waals surface area contributed by atoms with Crippen LogP contribution in [-0.2, 0) is 6.54 Å². The second kappa shape index (κ2) is 11.0. The van der Waals surface area contributed by atoms with Gasteiger partial charge in [-0.25, -0.2) is 4.39 Å². The number of carbonyl (C=O) groups is 1. The lowest BCUT2D eigenvalue weighted by molar-refractivity contribution is 0.0977. The van der Waals surface area contributed by atoms with Crippen LogP contribution in [0.4, 0.5) is 10.1 Å². The fraction of sp³-hybridized carbons (Fsp3) is 0.407. The summed E-state index contributed by atoms with van der Waals surface area (Å²) >= 11 is 5.49. The van der Waals surface area contributed by atoms with E-state index in [4.69, 9.17) is 17.0 Å². The topological polar surface area (TPSA) is 32.8 Å². The number of ketones is 1. The molecular weight excluding hydrogens is 435 g/mol. The van der Waals surface area contributed by atoms with Crippen LogP contribution in [0.2, 0.25) is 0 Å². The number of nitrogens with zero attached hydrogens (tertiary/aromatic N) is 2. The SMILES string of the molecule is C/C=C1/C(=S)Oc2cc(C(=O)CCCCN3CCCCC3)ccc2N1Cc1ccc(F)cc1. The molecule has 174 valence electrons. The predicted molar refractivity (Wildman–Crippen MR) is 134 cm³/mol. The average molecular weight is 467 g/mol. The molecule has 0 unspecified atom stereocenters. The first-order valence-electron chi connectivity index (χ1n) is 11.9. The molecule has 2 aliphatic rings. The number of rotatable bonds is 8. The van der Waals surface area contributed by atoms with E-state index in [9.17, 15) is 9.18 Å². The molecule has 0 aliphatic carbocycles. The van der Waals surface area contributed by atoms with E-state index >= 15 is 0 Å². The molecule has 1 fully saturated rings. The fourth-order valence-corrected chi connectivity index (χ4v) is 4.87. The first-order valence-corrected chi connectivity index (χ1v) is 12.3. The fourth-order valence-electron chi connectivity index (χ4n) is 4.55. The van der Waals surface area contributed by atoms with Crippen LogP contribution >= 0.6 is 12.2 Å². The second-order valence-electron chi connectivity index (χ2n) is 8.74. The minimum absolute atomic E-state index is 0.132. The summed E-state index contributed by atoms with van der Waals surface area (Å²) in [5.41, 5.74) is 3.25. The zero-order valence-electron chi connectivity index (χ0n) is 19.2. The Labute approximate surface area is 201 Å². The van der Waals surface area contributed by atoms with Gasteiger partial charge in [0.25, 0.3) is 0 Å². The smallest absolute Gasteiger partial charge is 0.214 e. The van der Waals surface area contributed by atoms with Crippen LogP contribution in [-0.4, -0.2) is 35.4 Å². The molecule has 1 saturated heterocycles.